The number of carbonyl (C=O) groups excluding carboxylic acids is 1. The van der Waals surface area contributed by atoms with Gasteiger partial charge in [0.1, 0.15) is 11.9 Å². The van der Waals surface area contributed by atoms with Gasteiger partial charge >= 0.3 is 6.01 Å². The molecule has 1 unspecified atom stereocenters. The lowest BCUT2D eigenvalue weighted by Gasteiger charge is -2.18. The molecule has 0 bridgehead atoms. The summed E-state index contributed by atoms with van der Waals surface area (Å²) in [5, 5.41) is 7.55. The molecule has 0 aromatic carbocycles. The van der Waals surface area contributed by atoms with Crippen LogP contribution in [0.1, 0.15) is 18.7 Å². The molecule has 1 saturated heterocycles. The van der Waals surface area contributed by atoms with Crippen LogP contribution in [0, 0.1) is 0 Å². The van der Waals surface area contributed by atoms with Gasteiger partial charge in [-0.05, 0) is 12.8 Å². The van der Waals surface area contributed by atoms with Gasteiger partial charge in [-0.15, -0.1) is 16.7 Å². The van der Waals surface area contributed by atoms with Crippen LogP contribution in [-0.4, -0.2) is 28.7 Å². The Hall–Kier alpha value is -1.30. The molecule has 1 aromatic rings. The van der Waals surface area contributed by atoms with Crippen LogP contribution in [0.5, 0.6) is 0 Å². The third kappa shape index (κ3) is 1.90. The number of primary amides is 1. The monoisotopic (exact) mass is 230 g/mol. The van der Waals surface area contributed by atoms with Crippen molar-refractivity contribution in [2.24, 2.45) is 5.73 Å². The average molecular weight is 231 g/mol. The third-order valence-electron chi connectivity index (χ3n) is 2.40. The van der Waals surface area contributed by atoms with Gasteiger partial charge in [-0.1, -0.05) is 5.10 Å². The lowest BCUT2D eigenvalue weighted by atomic mass is 10.2. The molecule has 0 radical (unpaired) electrons. The van der Waals surface area contributed by atoms with Gasteiger partial charge in [0.15, 0.2) is 0 Å². The summed E-state index contributed by atoms with van der Waals surface area (Å²) in [7, 11) is 0. The Morgan fingerprint density at radius 1 is 1.67 bits per heavy atom. The summed E-state index contributed by atoms with van der Waals surface area (Å²) in [5.41, 5.74) is 5.27. The normalized spacial score (nSPS) is 20.9. The topological polar surface area (TPSA) is 85.3 Å². The van der Waals surface area contributed by atoms with Crippen molar-refractivity contribution in [2.45, 2.75) is 24.8 Å². The zero-order valence-corrected chi connectivity index (χ0v) is 8.78. The van der Waals surface area contributed by atoms with Gasteiger partial charge < -0.3 is 15.1 Å². The van der Waals surface area contributed by atoms with Crippen LogP contribution in [0.15, 0.2) is 4.42 Å². The first-order valence-electron chi connectivity index (χ1n) is 4.66. The van der Waals surface area contributed by atoms with Crippen LogP contribution < -0.4 is 10.6 Å². The molecular weight excluding hydrogens is 220 g/mol. The fourth-order valence-corrected chi connectivity index (χ4v) is 1.81. The number of carbonyl (C=O) groups is 1. The number of anilines is 1. The van der Waals surface area contributed by atoms with Crippen LogP contribution in [0.2, 0.25) is 0 Å². The van der Waals surface area contributed by atoms with Crippen LogP contribution in [0.3, 0.4) is 0 Å². The second-order valence-corrected chi connectivity index (χ2v) is 3.63. The standard InChI is InChI=1S/C8H11ClN4O2/c9-4-6-11-12-8(15-6)13-3-1-2-5(13)7(10)14/h5H,1-4H2,(H2,10,14). The van der Waals surface area contributed by atoms with Gasteiger partial charge in [0, 0.05) is 6.54 Å². The number of nitrogens with two attached hydrogens (primary N) is 1. The van der Waals surface area contributed by atoms with Crippen LogP contribution >= 0.6 is 11.6 Å². The predicted molar refractivity (Wildman–Crippen MR) is 53.4 cm³/mol. The van der Waals surface area contributed by atoms with E-state index in [1.54, 1.807) is 4.90 Å². The maximum Gasteiger partial charge on any atom is 0.318 e. The molecular formula is C8H11ClN4O2. The lowest BCUT2D eigenvalue weighted by Crippen LogP contribution is -2.40. The quantitative estimate of drug-likeness (QED) is 0.753. The van der Waals surface area contributed by atoms with E-state index < -0.39 is 0 Å². The van der Waals surface area contributed by atoms with Gasteiger partial charge in [-0.2, -0.15) is 0 Å². The van der Waals surface area contributed by atoms with Crippen molar-refractivity contribution < 1.29 is 9.21 Å². The van der Waals surface area contributed by atoms with Crippen molar-refractivity contribution in [3.8, 4) is 0 Å². The molecule has 1 aromatic heterocycles. The number of aromatic nitrogens is 2. The molecule has 6 nitrogen and oxygen atoms in total. The van der Waals surface area contributed by atoms with E-state index >= 15 is 0 Å². The maximum atomic E-state index is 11.1. The Balaban J connectivity index is 2.18. The largest absolute Gasteiger partial charge is 0.407 e. The third-order valence-corrected chi connectivity index (χ3v) is 2.63. The summed E-state index contributed by atoms with van der Waals surface area (Å²) in [4.78, 5) is 12.9. The second kappa shape index (κ2) is 4.06. The maximum absolute atomic E-state index is 11.1. The summed E-state index contributed by atoms with van der Waals surface area (Å²) in [6.07, 6.45) is 1.63. The highest BCUT2D eigenvalue weighted by molar-refractivity contribution is 6.16. The van der Waals surface area contributed by atoms with E-state index in [9.17, 15) is 4.79 Å². The van der Waals surface area contributed by atoms with Crippen molar-refractivity contribution in [3.05, 3.63) is 5.89 Å². The minimum absolute atomic E-state index is 0.169. The van der Waals surface area contributed by atoms with E-state index in [1.807, 2.05) is 0 Å². The molecule has 1 aliphatic heterocycles. The first kappa shape index (κ1) is 10.2. The van der Waals surface area contributed by atoms with E-state index in [4.69, 9.17) is 21.8 Å². The molecule has 1 atom stereocenters. The Bertz CT molecular complexity index is 367. The highest BCUT2D eigenvalue weighted by Crippen LogP contribution is 2.24. The van der Waals surface area contributed by atoms with E-state index in [0.717, 1.165) is 12.8 Å². The van der Waals surface area contributed by atoms with Crippen molar-refractivity contribution in [1.82, 2.24) is 10.2 Å². The number of hydrogen-bond acceptors (Lipinski definition) is 5. The van der Waals surface area contributed by atoms with E-state index in [1.165, 1.54) is 0 Å². The molecule has 1 aliphatic rings. The number of halogens is 1. The first-order valence-corrected chi connectivity index (χ1v) is 5.20. The zero-order valence-electron chi connectivity index (χ0n) is 8.02. The molecule has 1 amide bonds. The number of amides is 1. The smallest absolute Gasteiger partial charge is 0.318 e. The van der Waals surface area contributed by atoms with Gasteiger partial charge in [0.05, 0.1) is 0 Å². The van der Waals surface area contributed by atoms with Crippen molar-refractivity contribution in [3.63, 3.8) is 0 Å². The molecule has 0 aliphatic carbocycles. The van der Waals surface area contributed by atoms with Gasteiger partial charge in [-0.3, -0.25) is 4.79 Å². The van der Waals surface area contributed by atoms with Crippen molar-refractivity contribution in [1.29, 1.82) is 0 Å². The zero-order chi connectivity index (χ0) is 10.8. The summed E-state index contributed by atoms with van der Waals surface area (Å²) in [6.45, 7) is 0.706. The highest BCUT2D eigenvalue weighted by atomic mass is 35.5. The Kier molecular flexibility index (Phi) is 2.77. The van der Waals surface area contributed by atoms with E-state index in [2.05, 4.69) is 10.2 Å². The molecule has 2 rings (SSSR count). The number of nitrogens with zero attached hydrogens (tertiary/aromatic N) is 3. The van der Waals surface area contributed by atoms with Gasteiger partial charge in [0.2, 0.25) is 11.8 Å². The molecule has 82 valence electrons. The van der Waals surface area contributed by atoms with Gasteiger partial charge in [0.25, 0.3) is 0 Å². The van der Waals surface area contributed by atoms with E-state index in [0.29, 0.717) is 18.5 Å². The molecule has 0 saturated carbocycles. The summed E-state index contributed by atoms with van der Waals surface area (Å²) < 4.78 is 5.26. The van der Waals surface area contributed by atoms with Crippen LogP contribution in [0.25, 0.3) is 0 Å². The van der Waals surface area contributed by atoms with Crippen LogP contribution in [0.4, 0.5) is 6.01 Å². The summed E-state index contributed by atoms with van der Waals surface area (Å²) in [6, 6.07) is -0.0134. The number of rotatable bonds is 3. The van der Waals surface area contributed by atoms with Crippen molar-refractivity contribution >= 4 is 23.5 Å². The average Bonchev–Trinajstić information content (AvgIpc) is 2.85. The van der Waals surface area contributed by atoms with Gasteiger partial charge in [-0.25, -0.2) is 0 Å². The second-order valence-electron chi connectivity index (χ2n) is 3.37. The van der Waals surface area contributed by atoms with Crippen molar-refractivity contribution in [2.75, 3.05) is 11.4 Å². The Labute approximate surface area is 91.4 Å². The first-order chi connectivity index (χ1) is 7.22. The SMILES string of the molecule is NC(=O)C1CCCN1c1nnc(CCl)o1. The Morgan fingerprint density at radius 3 is 3.07 bits per heavy atom. The fraction of sp³-hybridized carbons (Fsp3) is 0.625. The summed E-state index contributed by atoms with van der Waals surface area (Å²) in [5.74, 6) is 0.155. The van der Waals surface area contributed by atoms with E-state index in [-0.39, 0.29) is 17.8 Å². The molecule has 2 heterocycles. The van der Waals surface area contributed by atoms with Crippen LogP contribution in [-0.2, 0) is 10.7 Å². The molecule has 2 N–H and O–H groups in total. The minimum Gasteiger partial charge on any atom is -0.407 e. The minimum atomic E-state index is -0.363. The Morgan fingerprint density at radius 2 is 2.47 bits per heavy atom. The lowest BCUT2D eigenvalue weighted by molar-refractivity contribution is -0.119. The molecule has 7 heteroatoms. The molecule has 1 fully saturated rings. The highest BCUT2D eigenvalue weighted by Gasteiger charge is 2.32. The number of alkyl halides is 1. The fourth-order valence-electron chi connectivity index (χ4n) is 1.71. The number of hydrogen-bond donors (Lipinski definition) is 1. The summed E-state index contributed by atoms with van der Waals surface area (Å²) >= 11 is 5.54. The molecule has 15 heavy (non-hydrogen) atoms. The predicted octanol–water partition coefficient (Wildman–Crippen LogP) is 0.262. The molecule has 0 spiro atoms.